The quantitative estimate of drug-likeness (QED) is 0.550. The third-order valence-electron chi connectivity index (χ3n) is 4.77. The van der Waals surface area contributed by atoms with E-state index in [1.54, 1.807) is 7.11 Å². The van der Waals surface area contributed by atoms with Crippen LogP contribution < -0.4 is 0 Å². The first-order valence-electron chi connectivity index (χ1n) is 7.82. The van der Waals surface area contributed by atoms with Crippen LogP contribution in [0.15, 0.2) is 12.7 Å². The summed E-state index contributed by atoms with van der Waals surface area (Å²) < 4.78 is 23.3. The van der Waals surface area contributed by atoms with Gasteiger partial charge in [-0.15, -0.1) is 6.58 Å². The van der Waals surface area contributed by atoms with Gasteiger partial charge >= 0.3 is 0 Å². The van der Waals surface area contributed by atoms with Crippen molar-refractivity contribution < 1.29 is 24.1 Å². The molecule has 0 aromatic rings. The Bertz CT molecular complexity index is 344. The van der Waals surface area contributed by atoms with Gasteiger partial charge in [0.05, 0.1) is 24.2 Å². The molecule has 5 heteroatoms. The summed E-state index contributed by atoms with van der Waals surface area (Å²) in [5, 5.41) is 9.57. The molecule has 2 aliphatic rings. The summed E-state index contributed by atoms with van der Waals surface area (Å²) in [6, 6.07) is 0. The van der Waals surface area contributed by atoms with Crippen LogP contribution in [0, 0.1) is 5.41 Å². The monoisotopic (exact) mass is 300 g/mol. The maximum absolute atomic E-state index is 9.57. The van der Waals surface area contributed by atoms with Gasteiger partial charge in [0, 0.05) is 20.1 Å². The van der Waals surface area contributed by atoms with E-state index in [-0.39, 0.29) is 31.0 Å². The Morgan fingerprint density at radius 3 is 2.90 bits per heavy atom. The van der Waals surface area contributed by atoms with E-state index in [1.807, 2.05) is 13.0 Å². The molecule has 2 fully saturated rings. The fourth-order valence-electron chi connectivity index (χ4n) is 4.08. The van der Waals surface area contributed by atoms with E-state index in [2.05, 4.69) is 6.58 Å². The van der Waals surface area contributed by atoms with Gasteiger partial charge in [0.1, 0.15) is 6.79 Å². The van der Waals surface area contributed by atoms with Crippen LogP contribution in [-0.2, 0) is 18.9 Å². The topological polar surface area (TPSA) is 57.2 Å². The summed E-state index contributed by atoms with van der Waals surface area (Å²) in [5.41, 5.74) is -0.297. The van der Waals surface area contributed by atoms with Gasteiger partial charge in [-0.05, 0) is 32.6 Å². The second kappa shape index (κ2) is 7.20. The largest absolute Gasteiger partial charge is 0.394 e. The van der Waals surface area contributed by atoms with E-state index >= 15 is 0 Å². The molecule has 1 aliphatic carbocycles. The molecule has 0 radical (unpaired) electrons. The highest BCUT2D eigenvalue weighted by atomic mass is 16.7. The summed E-state index contributed by atoms with van der Waals surface area (Å²) in [4.78, 5) is 0. The molecule has 0 aromatic carbocycles. The standard InChI is InChI=1S/C16H28O5/c1-4-8-15-10-13(11-17)21-16(15,20-5-2)9-6-7-14(15)19-12-18-3/h4,13-14,17H,1,5-12H2,2-3H3/t13-,14+,15-,16+/m0/s1. The Balaban J connectivity index is 2.34. The first kappa shape index (κ1) is 16.9. The number of rotatable bonds is 8. The number of ether oxygens (including phenoxy) is 4. The fraction of sp³-hybridized carbons (Fsp3) is 0.875. The minimum Gasteiger partial charge on any atom is -0.394 e. The van der Waals surface area contributed by atoms with Crippen LogP contribution in [0.5, 0.6) is 0 Å². The van der Waals surface area contributed by atoms with E-state index in [4.69, 9.17) is 18.9 Å². The van der Waals surface area contributed by atoms with Gasteiger partial charge in [0.2, 0.25) is 0 Å². The summed E-state index contributed by atoms with van der Waals surface area (Å²) in [6.07, 6.45) is 5.93. The molecule has 0 amide bonds. The van der Waals surface area contributed by atoms with Crippen LogP contribution >= 0.6 is 0 Å². The number of hydrogen-bond donors (Lipinski definition) is 1. The van der Waals surface area contributed by atoms with Crippen molar-refractivity contribution in [1.82, 2.24) is 0 Å². The molecule has 0 spiro atoms. The molecule has 1 aliphatic heterocycles. The fourth-order valence-corrected chi connectivity index (χ4v) is 4.08. The van der Waals surface area contributed by atoms with E-state index in [0.717, 1.165) is 32.1 Å². The smallest absolute Gasteiger partial charge is 0.177 e. The molecule has 21 heavy (non-hydrogen) atoms. The van der Waals surface area contributed by atoms with Gasteiger partial charge in [0.15, 0.2) is 5.79 Å². The van der Waals surface area contributed by atoms with E-state index in [0.29, 0.717) is 6.61 Å². The average molecular weight is 300 g/mol. The second-order valence-corrected chi connectivity index (χ2v) is 5.92. The molecule has 1 N–H and O–H groups in total. The number of hydrogen-bond acceptors (Lipinski definition) is 5. The first-order chi connectivity index (χ1) is 10.2. The average Bonchev–Trinajstić information content (AvgIpc) is 2.80. The highest BCUT2D eigenvalue weighted by molar-refractivity contribution is 5.10. The maximum Gasteiger partial charge on any atom is 0.177 e. The Labute approximate surface area is 127 Å². The van der Waals surface area contributed by atoms with Crippen LogP contribution in [-0.4, -0.2) is 50.2 Å². The van der Waals surface area contributed by atoms with Gasteiger partial charge in [-0.1, -0.05) is 6.08 Å². The van der Waals surface area contributed by atoms with Crippen LogP contribution in [0.1, 0.15) is 39.0 Å². The van der Waals surface area contributed by atoms with Crippen LogP contribution in [0.3, 0.4) is 0 Å². The Morgan fingerprint density at radius 2 is 2.29 bits per heavy atom. The Morgan fingerprint density at radius 1 is 1.48 bits per heavy atom. The lowest BCUT2D eigenvalue weighted by atomic mass is 9.64. The summed E-state index contributed by atoms with van der Waals surface area (Å²) in [6.45, 7) is 6.72. The summed E-state index contributed by atoms with van der Waals surface area (Å²) >= 11 is 0. The van der Waals surface area contributed by atoms with E-state index in [1.165, 1.54) is 0 Å². The Kier molecular flexibility index (Phi) is 5.80. The van der Waals surface area contributed by atoms with Crippen molar-refractivity contribution in [2.24, 2.45) is 5.41 Å². The molecule has 0 aromatic heterocycles. The van der Waals surface area contributed by atoms with Gasteiger partial charge < -0.3 is 24.1 Å². The zero-order chi connectivity index (χ0) is 15.3. The third kappa shape index (κ3) is 2.90. The molecule has 1 saturated heterocycles. The lowest BCUT2D eigenvalue weighted by Crippen LogP contribution is -2.57. The van der Waals surface area contributed by atoms with Gasteiger partial charge in [0.25, 0.3) is 0 Å². The van der Waals surface area contributed by atoms with Crippen LogP contribution in [0.4, 0.5) is 0 Å². The molecular formula is C16H28O5. The molecule has 2 rings (SSSR count). The van der Waals surface area contributed by atoms with E-state index in [9.17, 15) is 5.11 Å². The van der Waals surface area contributed by atoms with Crippen molar-refractivity contribution in [2.45, 2.75) is 57.0 Å². The van der Waals surface area contributed by atoms with E-state index < -0.39 is 5.79 Å². The molecule has 0 unspecified atom stereocenters. The van der Waals surface area contributed by atoms with Crippen molar-refractivity contribution in [3.05, 3.63) is 12.7 Å². The maximum atomic E-state index is 9.57. The first-order valence-corrected chi connectivity index (χ1v) is 7.82. The molecule has 5 nitrogen and oxygen atoms in total. The molecule has 1 saturated carbocycles. The minimum atomic E-state index is -0.681. The van der Waals surface area contributed by atoms with Gasteiger partial charge in [-0.25, -0.2) is 0 Å². The summed E-state index contributed by atoms with van der Waals surface area (Å²) in [5.74, 6) is -0.681. The van der Waals surface area contributed by atoms with Crippen LogP contribution in [0.2, 0.25) is 0 Å². The zero-order valence-corrected chi connectivity index (χ0v) is 13.2. The van der Waals surface area contributed by atoms with Crippen molar-refractivity contribution in [3.8, 4) is 0 Å². The summed E-state index contributed by atoms with van der Waals surface area (Å²) in [7, 11) is 1.63. The predicted octanol–water partition coefficient (Wildman–Crippen LogP) is 2.24. The molecule has 4 atom stereocenters. The zero-order valence-electron chi connectivity index (χ0n) is 13.2. The number of aliphatic hydroxyl groups is 1. The van der Waals surface area contributed by atoms with Gasteiger partial charge in [-0.2, -0.15) is 0 Å². The van der Waals surface area contributed by atoms with Crippen molar-refractivity contribution in [2.75, 3.05) is 27.1 Å². The van der Waals surface area contributed by atoms with Crippen molar-refractivity contribution >= 4 is 0 Å². The van der Waals surface area contributed by atoms with Crippen molar-refractivity contribution in [3.63, 3.8) is 0 Å². The highest BCUT2D eigenvalue weighted by Crippen LogP contribution is 2.59. The predicted molar refractivity (Wildman–Crippen MR) is 78.8 cm³/mol. The molecule has 122 valence electrons. The Hall–Kier alpha value is -0.460. The number of allylic oxidation sites excluding steroid dienone is 1. The van der Waals surface area contributed by atoms with Crippen molar-refractivity contribution in [1.29, 1.82) is 0 Å². The second-order valence-electron chi connectivity index (χ2n) is 5.92. The molecular weight excluding hydrogens is 272 g/mol. The third-order valence-corrected chi connectivity index (χ3v) is 4.77. The molecule has 1 heterocycles. The lowest BCUT2D eigenvalue weighted by Gasteiger charge is -2.51. The number of fused-ring (bicyclic) bond motifs is 1. The van der Waals surface area contributed by atoms with Crippen LogP contribution in [0.25, 0.3) is 0 Å². The minimum absolute atomic E-state index is 0.00468. The van der Waals surface area contributed by atoms with Gasteiger partial charge in [-0.3, -0.25) is 0 Å². The number of methoxy groups -OCH3 is 1. The number of aliphatic hydroxyl groups excluding tert-OH is 1. The molecule has 0 bridgehead atoms. The SMILES string of the molecule is C=CC[C@@]12C[C@@H](CO)O[C@]1(OCC)CCC[C@H]2OCOC. The normalized spacial score (nSPS) is 39.2. The highest BCUT2D eigenvalue weighted by Gasteiger charge is 2.65. The lowest BCUT2D eigenvalue weighted by molar-refractivity contribution is -0.310.